The number of hydrogen-bond donors (Lipinski definition) is 1. The summed E-state index contributed by atoms with van der Waals surface area (Å²) >= 11 is 0. The zero-order valence-electron chi connectivity index (χ0n) is 7.96. The van der Waals surface area contributed by atoms with Crippen LogP contribution in [0.4, 0.5) is 0 Å². The minimum Gasteiger partial charge on any atom is -0.385 e. The minimum atomic E-state index is 0.831. The van der Waals surface area contributed by atoms with Gasteiger partial charge in [0.2, 0.25) is 0 Å². The summed E-state index contributed by atoms with van der Waals surface area (Å²) in [5.74, 6) is 0.831. The lowest BCUT2D eigenvalue weighted by Crippen LogP contribution is -2.08. The van der Waals surface area contributed by atoms with Gasteiger partial charge in [-0.05, 0) is 38.5 Å². The number of rotatable bonds is 2. The molecule has 0 aromatic carbocycles. The van der Waals surface area contributed by atoms with Gasteiger partial charge in [-0.15, -0.1) is 0 Å². The van der Waals surface area contributed by atoms with Crippen LogP contribution in [0.1, 0.15) is 24.7 Å². The highest BCUT2D eigenvalue weighted by molar-refractivity contribution is 5.45. The molecule has 1 aromatic heterocycles. The van der Waals surface area contributed by atoms with Crippen molar-refractivity contribution in [3.8, 4) is 0 Å². The summed E-state index contributed by atoms with van der Waals surface area (Å²) in [6.45, 7) is 6.20. The van der Waals surface area contributed by atoms with Gasteiger partial charge in [0.05, 0.1) is 0 Å². The fourth-order valence-electron chi connectivity index (χ4n) is 1.38. The minimum absolute atomic E-state index is 0.831. The van der Waals surface area contributed by atoms with Gasteiger partial charge in [-0.3, -0.25) is 0 Å². The van der Waals surface area contributed by atoms with E-state index in [1.165, 1.54) is 11.4 Å². The van der Waals surface area contributed by atoms with Gasteiger partial charge in [0.15, 0.2) is 0 Å². The summed E-state index contributed by atoms with van der Waals surface area (Å²) in [5, 5.41) is 0. The van der Waals surface area contributed by atoms with Crippen molar-refractivity contribution in [2.75, 3.05) is 0 Å². The predicted molar refractivity (Wildman–Crippen MR) is 52.7 cm³/mol. The molecule has 0 spiro atoms. The Labute approximate surface area is 73.7 Å². The van der Waals surface area contributed by atoms with Crippen LogP contribution in [0, 0.1) is 13.8 Å². The van der Waals surface area contributed by atoms with Crippen LogP contribution < -0.4 is 5.73 Å². The highest BCUT2D eigenvalue weighted by Crippen LogP contribution is 2.11. The summed E-state index contributed by atoms with van der Waals surface area (Å²) in [6, 6.07) is 4.15. The maximum atomic E-state index is 5.88. The quantitative estimate of drug-likeness (QED) is 0.714. The van der Waals surface area contributed by atoms with E-state index in [9.17, 15) is 0 Å². The number of nitrogens with two attached hydrogens (primary N) is 1. The van der Waals surface area contributed by atoms with Crippen molar-refractivity contribution >= 4 is 5.82 Å². The maximum Gasteiger partial charge on any atom is 0.103 e. The molecule has 2 N–H and O–H groups in total. The molecule has 0 fully saturated rings. The second kappa shape index (κ2) is 3.48. The smallest absolute Gasteiger partial charge is 0.103 e. The second-order valence-corrected chi connectivity index (χ2v) is 2.99. The molecular weight excluding hydrogens is 148 g/mol. The number of hydrogen-bond acceptors (Lipinski definition) is 1. The fourth-order valence-corrected chi connectivity index (χ4v) is 1.38. The van der Waals surface area contributed by atoms with E-state index in [1.807, 2.05) is 6.08 Å². The first kappa shape index (κ1) is 8.91. The maximum absolute atomic E-state index is 5.88. The molecule has 0 aliphatic heterocycles. The lowest BCUT2D eigenvalue weighted by Gasteiger charge is -2.08. The van der Waals surface area contributed by atoms with Crippen LogP contribution in [0.25, 0.3) is 5.82 Å². The number of nitrogens with zero attached hydrogens (tertiary/aromatic N) is 1. The Kier molecular flexibility index (Phi) is 2.58. The lowest BCUT2D eigenvalue weighted by molar-refractivity contribution is 0.960. The molecule has 1 rings (SSSR count). The molecule has 66 valence electrons. The average Bonchev–Trinajstić information content (AvgIpc) is 2.32. The topological polar surface area (TPSA) is 30.9 Å². The van der Waals surface area contributed by atoms with Crippen molar-refractivity contribution < 1.29 is 0 Å². The van der Waals surface area contributed by atoms with Gasteiger partial charge in [0.25, 0.3) is 0 Å². The van der Waals surface area contributed by atoms with Crippen LogP contribution in [0.5, 0.6) is 0 Å². The standard InChI is InChI=1S/C10H16N2/c1-4-5-10(11)12-8(2)6-7-9(12)3/h5-7H,4,11H2,1-3H3/b10-5+. The highest BCUT2D eigenvalue weighted by atomic mass is 15.1. The second-order valence-electron chi connectivity index (χ2n) is 2.99. The van der Waals surface area contributed by atoms with E-state index in [1.54, 1.807) is 0 Å². The third kappa shape index (κ3) is 1.52. The van der Waals surface area contributed by atoms with E-state index in [4.69, 9.17) is 5.73 Å². The van der Waals surface area contributed by atoms with Crippen LogP contribution in [-0.4, -0.2) is 4.57 Å². The monoisotopic (exact) mass is 164 g/mol. The largest absolute Gasteiger partial charge is 0.385 e. The van der Waals surface area contributed by atoms with Gasteiger partial charge in [-0.2, -0.15) is 0 Å². The van der Waals surface area contributed by atoms with Gasteiger partial charge in [0, 0.05) is 11.4 Å². The summed E-state index contributed by atoms with van der Waals surface area (Å²) in [5.41, 5.74) is 8.25. The van der Waals surface area contributed by atoms with Gasteiger partial charge in [-0.25, -0.2) is 0 Å². The first-order valence-corrected chi connectivity index (χ1v) is 4.27. The van der Waals surface area contributed by atoms with Crippen LogP contribution >= 0.6 is 0 Å². The molecule has 0 amide bonds. The number of aryl methyl sites for hydroxylation is 2. The Morgan fingerprint density at radius 3 is 2.33 bits per heavy atom. The summed E-state index contributed by atoms with van der Waals surface area (Å²) in [7, 11) is 0. The average molecular weight is 164 g/mol. The van der Waals surface area contributed by atoms with Gasteiger partial charge in [-0.1, -0.05) is 6.92 Å². The molecule has 0 saturated heterocycles. The molecular formula is C10H16N2. The Bertz CT molecular complexity index is 275. The molecule has 0 unspecified atom stereocenters. The SMILES string of the molecule is CC/C=C(\N)n1c(C)ccc1C. The first-order valence-electron chi connectivity index (χ1n) is 4.27. The van der Waals surface area contributed by atoms with Crippen LogP contribution in [-0.2, 0) is 0 Å². The summed E-state index contributed by atoms with van der Waals surface area (Å²) in [6.07, 6.45) is 3.00. The third-order valence-corrected chi connectivity index (χ3v) is 1.94. The molecule has 2 heteroatoms. The van der Waals surface area contributed by atoms with E-state index >= 15 is 0 Å². The van der Waals surface area contributed by atoms with Crippen molar-refractivity contribution in [3.63, 3.8) is 0 Å². The molecule has 12 heavy (non-hydrogen) atoms. The number of allylic oxidation sites excluding steroid dienone is 1. The summed E-state index contributed by atoms with van der Waals surface area (Å²) < 4.78 is 2.06. The zero-order chi connectivity index (χ0) is 9.14. The lowest BCUT2D eigenvalue weighted by atomic mass is 10.4. The van der Waals surface area contributed by atoms with Crippen molar-refractivity contribution in [3.05, 3.63) is 29.6 Å². The van der Waals surface area contributed by atoms with Gasteiger partial charge >= 0.3 is 0 Å². The molecule has 2 nitrogen and oxygen atoms in total. The Hall–Kier alpha value is -1.18. The van der Waals surface area contributed by atoms with Crippen molar-refractivity contribution in [2.24, 2.45) is 5.73 Å². The fraction of sp³-hybridized carbons (Fsp3) is 0.400. The molecule has 1 heterocycles. The van der Waals surface area contributed by atoms with Crippen LogP contribution in [0.2, 0.25) is 0 Å². The molecule has 0 aliphatic carbocycles. The highest BCUT2D eigenvalue weighted by Gasteiger charge is 2.01. The van der Waals surface area contributed by atoms with Gasteiger partial charge < -0.3 is 10.3 Å². The van der Waals surface area contributed by atoms with E-state index in [2.05, 4.69) is 37.5 Å². The Balaban J connectivity index is 3.09. The first-order chi connectivity index (χ1) is 5.66. The van der Waals surface area contributed by atoms with Crippen molar-refractivity contribution in [1.82, 2.24) is 4.57 Å². The molecule has 0 bridgehead atoms. The Morgan fingerprint density at radius 2 is 1.92 bits per heavy atom. The van der Waals surface area contributed by atoms with E-state index in [0.29, 0.717) is 0 Å². The molecule has 0 atom stereocenters. The zero-order valence-corrected chi connectivity index (χ0v) is 7.96. The van der Waals surface area contributed by atoms with E-state index in [-0.39, 0.29) is 0 Å². The third-order valence-electron chi connectivity index (χ3n) is 1.94. The number of aromatic nitrogens is 1. The van der Waals surface area contributed by atoms with Gasteiger partial charge in [0.1, 0.15) is 5.82 Å². The summed E-state index contributed by atoms with van der Waals surface area (Å²) in [4.78, 5) is 0. The van der Waals surface area contributed by atoms with E-state index in [0.717, 1.165) is 12.2 Å². The predicted octanol–water partition coefficient (Wildman–Crippen LogP) is 2.27. The van der Waals surface area contributed by atoms with Crippen molar-refractivity contribution in [2.45, 2.75) is 27.2 Å². The normalized spacial score (nSPS) is 12.1. The van der Waals surface area contributed by atoms with E-state index < -0.39 is 0 Å². The van der Waals surface area contributed by atoms with Crippen LogP contribution in [0.3, 0.4) is 0 Å². The molecule has 0 aliphatic rings. The molecule has 1 aromatic rings. The van der Waals surface area contributed by atoms with Crippen molar-refractivity contribution in [1.29, 1.82) is 0 Å². The Morgan fingerprint density at radius 1 is 1.42 bits per heavy atom. The van der Waals surface area contributed by atoms with Crippen LogP contribution in [0.15, 0.2) is 18.2 Å². The molecule has 0 radical (unpaired) electrons. The molecule has 0 saturated carbocycles.